The van der Waals surface area contributed by atoms with Crippen LogP contribution in [-0.4, -0.2) is 18.7 Å². The van der Waals surface area contributed by atoms with Crippen molar-refractivity contribution in [1.29, 1.82) is 0 Å². The van der Waals surface area contributed by atoms with Crippen molar-refractivity contribution in [3.8, 4) is 0 Å². The summed E-state index contributed by atoms with van der Waals surface area (Å²) in [7, 11) is 0. The molecule has 0 saturated carbocycles. The lowest BCUT2D eigenvalue weighted by Crippen LogP contribution is -2.25. The van der Waals surface area contributed by atoms with Crippen LogP contribution in [0.25, 0.3) is 0 Å². The third kappa shape index (κ3) is 4.10. The molecule has 4 nitrogen and oxygen atoms in total. The van der Waals surface area contributed by atoms with Crippen LogP contribution >= 0.6 is 0 Å². The SMILES string of the molecule is O=C=NCCCCC(N=C=O)(c1ccccc1)c1ccccc1. The summed E-state index contributed by atoms with van der Waals surface area (Å²) in [5, 5.41) is 0. The maximum absolute atomic E-state index is 11.1. The molecule has 4 heteroatoms. The van der Waals surface area contributed by atoms with E-state index in [0.717, 1.165) is 24.0 Å². The number of isocyanates is 2. The highest BCUT2D eigenvalue weighted by molar-refractivity contribution is 5.45. The fourth-order valence-electron chi connectivity index (χ4n) is 2.76. The van der Waals surface area contributed by atoms with E-state index in [1.54, 1.807) is 12.2 Å². The Morgan fingerprint density at radius 1 is 0.783 bits per heavy atom. The van der Waals surface area contributed by atoms with Crippen molar-refractivity contribution in [3.05, 3.63) is 71.8 Å². The average molecular weight is 306 g/mol. The highest BCUT2D eigenvalue weighted by Gasteiger charge is 2.33. The van der Waals surface area contributed by atoms with Gasteiger partial charge in [-0.1, -0.05) is 60.7 Å². The van der Waals surface area contributed by atoms with E-state index in [2.05, 4.69) is 9.98 Å². The first-order valence-electron chi connectivity index (χ1n) is 7.57. The van der Waals surface area contributed by atoms with Crippen LogP contribution in [-0.2, 0) is 15.1 Å². The summed E-state index contributed by atoms with van der Waals surface area (Å²) >= 11 is 0. The standard InChI is InChI=1S/C19H18N2O2/c22-15-20-14-8-7-13-19(21-16-23,17-9-3-1-4-10-17)18-11-5-2-6-12-18/h1-6,9-12H,7-8,13-14H2. The topological polar surface area (TPSA) is 58.9 Å². The fourth-order valence-corrected chi connectivity index (χ4v) is 2.76. The Morgan fingerprint density at radius 2 is 1.35 bits per heavy atom. The third-order valence-electron chi connectivity index (χ3n) is 3.86. The van der Waals surface area contributed by atoms with E-state index < -0.39 is 5.54 Å². The van der Waals surface area contributed by atoms with Crippen LogP contribution in [0.1, 0.15) is 30.4 Å². The predicted molar refractivity (Wildman–Crippen MR) is 88.6 cm³/mol. The molecule has 0 N–H and O–H groups in total. The van der Waals surface area contributed by atoms with E-state index in [-0.39, 0.29) is 0 Å². The lowest BCUT2D eigenvalue weighted by Gasteiger charge is -2.29. The lowest BCUT2D eigenvalue weighted by molar-refractivity contribution is 0.459. The van der Waals surface area contributed by atoms with E-state index in [1.165, 1.54) is 0 Å². The zero-order chi connectivity index (χ0) is 16.4. The first-order chi connectivity index (χ1) is 11.3. The van der Waals surface area contributed by atoms with Crippen LogP contribution in [0.5, 0.6) is 0 Å². The molecule has 0 spiro atoms. The zero-order valence-corrected chi connectivity index (χ0v) is 12.8. The smallest absolute Gasteiger partial charge is 0.211 e. The van der Waals surface area contributed by atoms with Crippen molar-refractivity contribution in [2.75, 3.05) is 6.54 Å². The molecule has 0 unspecified atom stereocenters. The van der Waals surface area contributed by atoms with Gasteiger partial charge in [-0.05, 0) is 30.4 Å². The second kappa shape index (κ2) is 8.60. The van der Waals surface area contributed by atoms with Crippen molar-refractivity contribution in [2.45, 2.75) is 24.8 Å². The molecule has 0 aliphatic rings. The monoisotopic (exact) mass is 306 g/mol. The van der Waals surface area contributed by atoms with Crippen LogP contribution in [0.2, 0.25) is 0 Å². The van der Waals surface area contributed by atoms with Crippen molar-refractivity contribution in [3.63, 3.8) is 0 Å². The summed E-state index contributed by atoms with van der Waals surface area (Å²) in [6, 6.07) is 19.5. The number of unbranched alkanes of at least 4 members (excludes halogenated alkanes) is 1. The summed E-state index contributed by atoms with van der Waals surface area (Å²) in [5.41, 5.74) is 1.15. The Morgan fingerprint density at radius 3 is 1.83 bits per heavy atom. The van der Waals surface area contributed by atoms with Gasteiger partial charge in [-0.25, -0.2) is 14.6 Å². The molecule has 2 aromatic rings. The number of aliphatic imine (C=N–C) groups is 2. The quantitative estimate of drug-likeness (QED) is 0.423. The van der Waals surface area contributed by atoms with Crippen molar-refractivity contribution in [2.24, 2.45) is 9.98 Å². The molecule has 0 bridgehead atoms. The summed E-state index contributed by atoms with van der Waals surface area (Å²) in [5.74, 6) is 0. The third-order valence-corrected chi connectivity index (χ3v) is 3.86. The van der Waals surface area contributed by atoms with Gasteiger partial charge in [-0.2, -0.15) is 4.99 Å². The minimum Gasteiger partial charge on any atom is -0.211 e. The number of rotatable bonds is 8. The minimum atomic E-state index is -0.755. The van der Waals surface area contributed by atoms with Gasteiger partial charge in [0.1, 0.15) is 5.54 Å². The Bertz CT molecular complexity index is 661. The maximum atomic E-state index is 11.1. The zero-order valence-electron chi connectivity index (χ0n) is 12.8. The van der Waals surface area contributed by atoms with Crippen LogP contribution in [0.3, 0.4) is 0 Å². The van der Waals surface area contributed by atoms with Gasteiger partial charge >= 0.3 is 0 Å². The molecule has 2 aromatic carbocycles. The van der Waals surface area contributed by atoms with E-state index in [9.17, 15) is 9.59 Å². The van der Waals surface area contributed by atoms with Gasteiger partial charge in [0.15, 0.2) is 0 Å². The number of nitrogens with zero attached hydrogens (tertiary/aromatic N) is 2. The molecule has 0 aromatic heterocycles. The van der Waals surface area contributed by atoms with Gasteiger partial charge in [0, 0.05) is 0 Å². The predicted octanol–water partition coefficient (Wildman–Crippen LogP) is 3.77. The Hall–Kier alpha value is -2.80. The number of hydrogen-bond donors (Lipinski definition) is 0. The Balaban J connectivity index is 2.39. The van der Waals surface area contributed by atoms with Crippen LogP contribution in [0.4, 0.5) is 0 Å². The highest BCUT2D eigenvalue weighted by atomic mass is 16.1. The molecule has 0 aliphatic carbocycles. The molecular weight excluding hydrogens is 288 g/mol. The van der Waals surface area contributed by atoms with Crippen molar-refractivity contribution in [1.82, 2.24) is 0 Å². The van der Waals surface area contributed by atoms with Crippen LogP contribution in [0.15, 0.2) is 70.6 Å². The van der Waals surface area contributed by atoms with Gasteiger partial charge in [-0.3, -0.25) is 0 Å². The van der Waals surface area contributed by atoms with Crippen molar-refractivity contribution >= 4 is 12.2 Å². The van der Waals surface area contributed by atoms with Gasteiger partial charge in [-0.15, -0.1) is 0 Å². The van der Waals surface area contributed by atoms with E-state index in [1.807, 2.05) is 60.7 Å². The Kier molecular flexibility index (Phi) is 6.19. The summed E-state index contributed by atoms with van der Waals surface area (Å²) in [6.07, 6.45) is 5.45. The summed E-state index contributed by atoms with van der Waals surface area (Å²) in [6.45, 7) is 0.438. The second-order valence-electron chi connectivity index (χ2n) is 5.23. The summed E-state index contributed by atoms with van der Waals surface area (Å²) in [4.78, 5) is 29.1. The van der Waals surface area contributed by atoms with E-state index in [4.69, 9.17) is 0 Å². The first-order valence-corrected chi connectivity index (χ1v) is 7.57. The van der Waals surface area contributed by atoms with Gasteiger partial charge in [0.25, 0.3) is 0 Å². The highest BCUT2D eigenvalue weighted by Crippen LogP contribution is 2.38. The largest absolute Gasteiger partial charge is 0.236 e. The number of carbonyl (C=O) groups excluding carboxylic acids is 2. The first kappa shape index (κ1) is 16.6. The number of benzene rings is 2. The van der Waals surface area contributed by atoms with Crippen LogP contribution in [0, 0.1) is 0 Å². The van der Waals surface area contributed by atoms with E-state index >= 15 is 0 Å². The average Bonchev–Trinajstić information content (AvgIpc) is 2.62. The summed E-state index contributed by atoms with van der Waals surface area (Å²) < 4.78 is 0. The van der Waals surface area contributed by atoms with Crippen molar-refractivity contribution < 1.29 is 9.59 Å². The van der Waals surface area contributed by atoms with Gasteiger partial charge in [0.2, 0.25) is 12.2 Å². The molecule has 0 heterocycles. The molecule has 23 heavy (non-hydrogen) atoms. The van der Waals surface area contributed by atoms with E-state index in [0.29, 0.717) is 13.0 Å². The maximum Gasteiger partial charge on any atom is 0.236 e. The molecule has 0 fully saturated rings. The molecule has 0 saturated heterocycles. The van der Waals surface area contributed by atoms with Crippen LogP contribution < -0.4 is 0 Å². The molecule has 116 valence electrons. The molecule has 2 rings (SSSR count). The lowest BCUT2D eigenvalue weighted by atomic mass is 9.79. The normalized spacial score (nSPS) is 10.4. The number of hydrogen-bond acceptors (Lipinski definition) is 4. The van der Waals surface area contributed by atoms with Gasteiger partial charge in [0.05, 0.1) is 6.54 Å². The molecule has 0 amide bonds. The second-order valence-corrected chi connectivity index (χ2v) is 5.23. The van der Waals surface area contributed by atoms with Gasteiger partial charge < -0.3 is 0 Å². The fraction of sp³-hybridized carbons (Fsp3) is 0.263. The molecule has 0 atom stereocenters. The minimum absolute atomic E-state index is 0.438. The molecule has 0 aliphatic heterocycles. The Labute approximate surface area is 135 Å². The molecule has 0 radical (unpaired) electrons. The molecular formula is C19H18N2O2.